The molecule has 4 nitrogen and oxygen atoms in total. The molecule has 110 valence electrons. The number of benzene rings is 1. The Kier molecular flexibility index (Phi) is 7.30. The fourth-order valence-corrected chi connectivity index (χ4v) is 2.30. The van der Waals surface area contributed by atoms with E-state index in [0.717, 1.165) is 17.3 Å². The van der Waals surface area contributed by atoms with E-state index in [0.29, 0.717) is 18.7 Å². The highest BCUT2D eigenvalue weighted by molar-refractivity contribution is 9.10. The topological polar surface area (TPSA) is 58.2 Å². The lowest BCUT2D eigenvalue weighted by atomic mass is 10.0. The summed E-state index contributed by atoms with van der Waals surface area (Å²) in [6.07, 6.45) is 1.68. The van der Waals surface area contributed by atoms with Gasteiger partial charge in [0.25, 0.3) is 5.91 Å². The lowest BCUT2D eigenvalue weighted by Crippen LogP contribution is -2.37. The van der Waals surface area contributed by atoms with Gasteiger partial charge in [0.15, 0.2) is 0 Å². The molecule has 0 atom stereocenters. The van der Waals surface area contributed by atoms with E-state index in [1.54, 1.807) is 12.1 Å². The summed E-state index contributed by atoms with van der Waals surface area (Å²) in [5, 5.41) is 5.62. The Morgan fingerprint density at radius 1 is 1.15 bits per heavy atom. The average molecular weight is 341 g/mol. The Labute approximate surface area is 128 Å². The smallest absolute Gasteiger partial charge is 0.251 e. The van der Waals surface area contributed by atoms with Crippen LogP contribution >= 0.6 is 15.9 Å². The lowest BCUT2D eigenvalue weighted by Gasteiger charge is -2.13. The van der Waals surface area contributed by atoms with Gasteiger partial charge in [-0.15, -0.1) is 0 Å². The second-order valence-electron chi connectivity index (χ2n) is 4.57. The molecule has 1 aromatic rings. The Morgan fingerprint density at radius 3 is 2.40 bits per heavy atom. The minimum Gasteiger partial charge on any atom is -0.354 e. The van der Waals surface area contributed by atoms with Crippen molar-refractivity contribution in [2.75, 3.05) is 13.1 Å². The van der Waals surface area contributed by atoms with E-state index in [9.17, 15) is 9.59 Å². The summed E-state index contributed by atoms with van der Waals surface area (Å²) in [5.74, 6) is -0.00873. The highest BCUT2D eigenvalue weighted by atomic mass is 79.9. The van der Waals surface area contributed by atoms with Crippen LogP contribution < -0.4 is 10.6 Å². The normalized spacial score (nSPS) is 10.4. The molecule has 1 aromatic carbocycles. The number of carbonyl (C=O) groups excluding carboxylic acids is 2. The Hall–Kier alpha value is -1.36. The van der Waals surface area contributed by atoms with Crippen molar-refractivity contribution in [1.82, 2.24) is 10.6 Å². The summed E-state index contributed by atoms with van der Waals surface area (Å²) in [6, 6.07) is 7.20. The molecule has 0 radical (unpaired) electrons. The largest absolute Gasteiger partial charge is 0.354 e. The first kappa shape index (κ1) is 16.7. The highest BCUT2D eigenvalue weighted by Crippen LogP contribution is 2.11. The van der Waals surface area contributed by atoms with Crippen LogP contribution in [-0.2, 0) is 4.79 Å². The molecular formula is C15H21BrN2O2. The predicted octanol–water partition coefficient (Wildman–Crippen LogP) is 2.73. The first-order valence-corrected chi connectivity index (χ1v) is 7.69. The van der Waals surface area contributed by atoms with Crippen LogP contribution in [-0.4, -0.2) is 24.9 Å². The van der Waals surface area contributed by atoms with Gasteiger partial charge in [0, 0.05) is 29.0 Å². The lowest BCUT2D eigenvalue weighted by molar-refractivity contribution is -0.125. The SMILES string of the molecule is CCC(CC)C(=O)NCCNC(=O)c1cccc(Br)c1. The summed E-state index contributed by atoms with van der Waals surface area (Å²) < 4.78 is 0.868. The summed E-state index contributed by atoms with van der Waals surface area (Å²) >= 11 is 3.33. The molecule has 0 saturated carbocycles. The van der Waals surface area contributed by atoms with Crippen molar-refractivity contribution in [3.05, 3.63) is 34.3 Å². The van der Waals surface area contributed by atoms with Crippen LogP contribution in [0.5, 0.6) is 0 Å². The summed E-state index contributed by atoms with van der Waals surface area (Å²) in [4.78, 5) is 23.6. The van der Waals surface area contributed by atoms with Gasteiger partial charge < -0.3 is 10.6 Å². The molecule has 0 aliphatic carbocycles. The van der Waals surface area contributed by atoms with E-state index in [1.165, 1.54) is 0 Å². The fraction of sp³-hybridized carbons (Fsp3) is 0.467. The van der Waals surface area contributed by atoms with Gasteiger partial charge in [0.05, 0.1) is 0 Å². The zero-order valence-corrected chi connectivity index (χ0v) is 13.5. The first-order chi connectivity index (χ1) is 9.58. The van der Waals surface area contributed by atoms with Crippen molar-refractivity contribution < 1.29 is 9.59 Å². The zero-order valence-electron chi connectivity index (χ0n) is 11.9. The van der Waals surface area contributed by atoms with Crippen LogP contribution in [0.15, 0.2) is 28.7 Å². The molecule has 1 rings (SSSR count). The quantitative estimate of drug-likeness (QED) is 0.750. The molecule has 0 unspecified atom stereocenters. The number of hydrogen-bond acceptors (Lipinski definition) is 2. The molecule has 0 aliphatic rings. The second kappa shape index (κ2) is 8.74. The Balaban J connectivity index is 2.31. The van der Waals surface area contributed by atoms with Gasteiger partial charge >= 0.3 is 0 Å². The molecule has 0 spiro atoms. The third-order valence-corrected chi connectivity index (χ3v) is 3.65. The number of rotatable bonds is 7. The molecule has 0 aliphatic heterocycles. The maximum Gasteiger partial charge on any atom is 0.251 e. The van der Waals surface area contributed by atoms with Crippen LogP contribution in [0.25, 0.3) is 0 Å². The van der Waals surface area contributed by atoms with Crippen molar-refractivity contribution in [2.45, 2.75) is 26.7 Å². The molecule has 0 fully saturated rings. The van der Waals surface area contributed by atoms with Crippen molar-refractivity contribution >= 4 is 27.7 Å². The van der Waals surface area contributed by atoms with Gasteiger partial charge in [-0.2, -0.15) is 0 Å². The van der Waals surface area contributed by atoms with E-state index < -0.39 is 0 Å². The van der Waals surface area contributed by atoms with Crippen molar-refractivity contribution in [3.8, 4) is 0 Å². The number of nitrogens with one attached hydrogen (secondary N) is 2. The molecular weight excluding hydrogens is 320 g/mol. The number of carbonyl (C=O) groups is 2. The summed E-state index contributed by atoms with van der Waals surface area (Å²) in [5.41, 5.74) is 0.602. The molecule has 2 amide bonds. The Bertz CT molecular complexity index is 459. The van der Waals surface area contributed by atoms with Crippen LogP contribution in [0.1, 0.15) is 37.0 Å². The molecule has 20 heavy (non-hydrogen) atoms. The number of amides is 2. The average Bonchev–Trinajstić information content (AvgIpc) is 2.44. The predicted molar refractivity (Wildman–Crippen MR) is 83.6 cm³/mol. The Morgan fingerprint density at radius 2 is 1.80 bits per heavy atom. The first-order valence-electron chi connectivity index (χ1n) is 6.90. The summed E-state index contributed by atoms with van der Waals surface area (Å²) in [7, 11) is 0. The standard InChI is InChI=1S/C15H21BrN2O2/c1-3-11(4-2)14(19)17-8-9-18-15(20)12-6-5-7-13(16)10-12/h5-7,10-11H,3-4,8-9H2,1-2H3,(H,17,19)(H,18,20). The third kappa shape index (κ3) is 5.33. The van der Waals surface area contributed by atoms with Gasteiger partial charge in [0.2, 0.25) is 5.91 Å². The van der Waals surface area contributed by atoms with Gasteiger partial charge in [-0.25, -0.2) is 0 Å². The second-order valence-corrected chi connectivity index (χ2v) is 5.49. The van der Waals surface area contributed by atoms with E-state index >= 15 is 0 Å². The molecule has 0 heterocycles. The van der Waals surface area contributed by atoms with Crippen molar-refractivity contribution in [3.63, 3.8) is 0 Å². The maximum absolute atomic E-state index is 11.8. The fourth-order valence-electron chi connectivity index (χ4n) is 1.90. The van der Waals surface area contributed by atoms with Crippen molar-refractivity contribution in [1.29, 1.82) is 0 Å². The van der Waals surface area contributed by atoms with Gasteiger partial charge in [0.1, 0.15) is 0 Å². The molecule has 0 aromatic heterocycles. The summed E-state index contributed by atoms with van der Waals surface area (Å²) in [6.45, 7) is 4.89. The number of halogens is 1. The molecule has 0 saturated heterocycles. The molecule has 0 bridgehead atoms. The minimum atomic E-state index is -0.136. The monoisotopic (exact) mass is 340 g/mol. The van der Waals surface area contributed by atoms with E-state index in [2.05, 4.69) is 26.6 Å². The van der Waals surface area contributed by atoms with Gasteiger partial charge in [-0.1, -0.05) is 35.8 Å². The van der Waals surface area contributed by atoms with Crippen LogP contribution in [0.3, 0.4) is 0 Å². The van der Waals surface area contributed by atoms with E-state index in [-0.39, 0.29) is 17.7 Å². The van der Waals surface area contributed by atoms with Gasteiger partial charge in [-0.05, 0) is 31.0 Å². The van der Waals surface area contributed by atoms with E-state index in [4.69, 9.17) is 0 Å². The van der Waals surface area contributed by atoms with Crippen LogP contribution in [0, 0.1) is 5.92 Å². The zero-order chi connectivity index (χ0) is 15.0. The maximum atomic E-state index is 11.8. The minimum absolute atomic E-state index is 0.0618. The van der Waals surface area contributed by atoms with E-state index in [1.807, 2.05) is 26.0 Å². The molecule has 5 heteroatoms. The van der Waals surface area contributed by atoms with Crippen molar-refractivity contribution in [2.24, 2.45) is 5.92 Å². The van der Waals surface area contributed by atoms with Crippen LogP contribution in [0.4, 0.5) is 0 Å². The highest BCUT2D eigenvalue weighted by Gasteiger charge is 2.13. The third-order valence-electron chi connectivity index (χ3n) is 3.15. The number of hydrogen-bond donors (Lipinski definition) is 2. The molecule has 2 N–H and O–H groups in total. The van der Waals surface area contributed by atoms with Gasteiger partial charge in [-0.3, -0.25) is 9.59 Å². The van der Waals surface area contributed by atoms with Crippen LogP contribution in [0.2, 0.25) is 0 Å².